The molecule has 0 aliphatic carbocycles. The summed E-state index contributed by atoms with van der Waals surface area (Å²) in [5, 5.41) is 0. The van der Waals surface area contributed by atoms with E-state index in [1.165, 1.54) is 0 Å². The normalized spacial score (nSPS) is 17.1. The number of likely N-dealkylation sites (tertiary alicyclic amines) is 1. The van der Waals surface area contributed by atoms with E-state index < -0.39 is 15.6 Å². The Hall–Kier alpha value is -1.60. The summed E-state index contributed by atoms with van der Waals surface area (Å²) in [6, 6.07) is 8.13. The predicted octanol–water partition coefficient (Wildman–Crippen LogP) is 2.36. The summed E-state index contributed by atoms with van der Waals surface area (Å²) in [6.07, 6.45) is 0.804. The highest BCUT2D eigenvalue weighted by molar-refractivity contribution is 7.89. The molecule has 7 heteroatoms. The molecule has 0 unspecified atom stereocenters. The number of carbonyl (C=O) groups excluding carboxylic acids is 1. The SMILES string of the molecule is CC(C)(C)OC(=O)N1CCC(NS(=O)(=O)c2ccccc2)CC1. The van der Waals surface area contributed by atoms with Crippen molar-refractivity contribution in [1.29, 1.82) is 0 Å². The topological polar surface area (TPSA) is 75.7 Å². The molecule has 0 saturated carbocycles. The zero-order chi connectivity index (χ0) is 17.1. The van der Waals surface area contributed by atoms with Crippen molar-refractivity contribution >= 4 is 16.1 Å². The fourth-order valence-electron chi connectivity index (χ4n) is 2.39. The second kappa shape index (κ2) is 6.88. The Balaban J connectivity index is 1.89. The molecule has 0 atom stereocenters. The molecule has 1 heterocycles. The third-order valence-electron chi connectivity index (χ3n) is 3.52. The van der Waals surface area contributed by atoms with Crippen LogP contribution < -0.4 is 4.72 Å². The smallest absolute Gasteiger partial charge is 0.410 e. The fraction of sp³-hybridized carbons (Fsp3) is 0.562. The molecule has 23 heavy (non-hydrogen) atoms. The summed E-state index contributed by atoms with van der Waals surface area (Å²) < 4.78 is 32.6. The fourth-order valence-corrected chi connectivity index (χ4v) is 3.72. The third-order valence-corrected chi connectivity index (χ3v) is 5.06. The summed E-state index contributed by atoms with van der Waals surface area (Å²) in [6.45, 7) is 6.44. The number of nitrogens with one attached hydrogen (secondary N) is 1. The van der Waals surface area contributed by atoms with Crippen molar-refractivity contribution in [2.75, 3.05) is 13.1 Å². The second-order valence-electron chi connectivity index (χ2n) is 6.68. The molecule has 1 saturated heterocycles. The van der Waals surface area contributed by atoms with Crippen LogP contribution in [0.3, 0.4) is 0 Å². The van der Waals surface area contributed by atoms with Crippen LogP contribution in [0.2, 0.25) is 0 Å². The first-order valence-electron chi connectivity index (χ1n) is 7.73. The van der Waals surface area contributed by atoms with E-state index in [9.17, 15) is 13.2 Å². The number of benzene rings is 1. The monoisotopic (exact) mass is 340 g/mol. The number of hydrogen-bond donors (Lipinski definition) is 1. The molecule has 1 aliphatic rings. The van der Waals surface area contributed by atoms with Gasteiger partial charge in [-0.1, -0.05) is 18.2 Å². The molecule has 0 aromatic heterocycles. The van der Waals surface area contributed by atoms with Gasteiger partial charge in [-0.3, -0.25) is 0 Å². The minimum Gasteiger partial charge on any atom is -0.444 e. The van der Waals surface area contributed by atoms with Crippen molar-refractivity contribution in [2.45, 2.75) is 50.2 Å². The number of piperidine rings is 1. The second-order valence-corrected chi connectivity index (χ2v) is 8.39. The van der Waals surface area contributed by atoms with Crippen LogP contribution in [0.15, 0.2) is 35.2 Å². The number of ether oxygens (including phenoxy) is 1. The minimum atomic E-state index is -3.51. The first-order chi connectivity index (χ1) is 10.7. The van der Waals surface area contributed by atoms with Gasteiger partial charge < -0.3 is 9.64 Å². The molecule has 1 amide bonds. The van der Waals surface area contributed by atoms with Gasteiger partial charge in [-0.2, -0.15) is 0 Å². The van der Waals surface area contributed by atoms with Crippen LogP contribution in [0.25, 0.3) is 0 Å². The number of nitrogens with zero attached hydrogens (tertiary/aromatic N) is 1. The van der Waals surface area contributed by atoms with Crippen LogP contribution in [0.5, 0.6) is 0 Å². The van der Waals surface area contributed by atoms with Crippen LogP contribution in [0.1, 0.15) is 33.6 Å². The Bertz CT molecular complexity index is 630. The number of sulfonamides is 1. The quantitative estimate of drug-likeness (QED) is 0.916. The molecular formula is C16H24N2O4S. The molecule has 2 rings (SSSR count). The number of carbonyl (C=O) groups is 1. The van der Waals surface area contributed by atoms with E-state index in [0.29, 0.717) is 25.9 Å². The zero-order valence-corrected chi connectivity index (χ0v) is 14.6. The molecule has 0 radical (unpaired) electrons. The average molecular weight is 340 g/mol. The number of rotatable bonds is 3. The van der Waals surface area contributed by atoms with Crippen molar-refractivity contribution in [1.82, 2.24) is 9.62 Å². The summed E-state index contributed by atoms with van der Waals surface area (Å²) in [5.74, 6) is 0. The lowest BCUT2D eigenvalue weighted by atomic mass is 10.1. The van der Waals surface area contributed by atoms with Gasteiger partial charge in [0.1, 0.15) is 5.60 Å². The highest BCUT2D eigenvalue weighted by Gasteiger charge is 2.29. The van der Waals surface area contributed by atoms with Crippen molar-refractivity contribution in [3.05, 3.63) is 30.3 Å². The number of amides is 1. The maximum Gasteiger partial charge on any atom is 0.410 e. The van der Waals surface area contributed by atoms with E-state index in [-0.39, 0.29) is 17.0 Å². The van der Waals surface area contributed by atoms with E-state index in [1.54, 1.807) is 35.2 Å². The molecule has 0 bridgehead atoms. The van der Waals surface area contributed by atoms with Crippen molar-refractivity contribution in [3.8, 4) is 0 Å². The lowest BCUT2D eigenvalue weighted by Crippen LogP contribution is -2.47. The minimum absolute atomic E-state index is 0.168. The van der Waals surface area contributed by atoms with E-state index >= 15 is 0 Å². The first kappa shape index (κ1) is 17.7. The van der Waals surface area contributed by atoms with Crippen LogP contribution in [-0.4, -0.2) is 44.1 Å². The highest BCUT2D eigenvalue weighted by atomic mass is 32.2. The molecule has 6 nitrogen and oxygen atoms in total. The Morgan fingerprint density at radius 1 is 1.17 bits per heavy atom. The number of hydrogen-bond acceptors (Lipinski definition) is 4. The Morgan fingerprint density at radius 3 is 2.26 bits per heavy atom. The van der Waals surface area contributed by atoms with E-state index in [4.69, 9.17) is 4.74 Å². The van der Waals surface area contributed by atoms with Crippen LogP contribution >= 0.6 is 0 Å². The standard InChI is InChI=1S/C16H24N2O4S/c1-16(2,3)22-15(19)18-11-9-13(10-12-18)17-23(20,21)14-7-5-4-6-8-14/h4-8,13,17H,9-12H2,1-3H3. The van der Waals surface area contributed by atoms with Crippen molar-refractivity contribution in [3.63, 3.8) is 0 Å². The molecule has 1 aliphatic heterocycles. The molecule has 1 aromatic rings. The Labute approximate surface area is 137 Å². The van der Waals surface area contributed by atoms with E-state index in [0.717, 1.165) is 0 Å². The molecular weight excluding hydrogens is 316 g/mol. The van der Waals surface area contributed by atoms with Gasteiger partial charge >= 0.3 is 6.09 Å². The summed E-state index contributed by atoms with van der Waals surface area (Å²) in [4.78, 5) is 13.9. The van der Waals surface area contributed by atoms with Gasteiger partial charge in [0, 0.05) is 19.1 Å². The summed E-state index contributed by atoms with van der Waals surface area (Å²) in [7, 11) is -3.51. The molecule has 0 spiro atoms. The maximum atomic E-state index is 12.3. The van der Waals surface area contributed by atoms with Crippen LogP contribution in [-0.2, 0) is 14.8 Å². The highest BCUT2D eigenvalue weighted by Crippen LogP contribution is 2.17. The van der Waals surface area contributed by atoms with Gasteiger partial charge in [0.2, 0.25) is 10.0 Å². The van der Waals surface area contributed by atoms with Crippen LogP contribution in [0.4, 0.5) is 4.79 Å². The lowest BCUT2D eigenvalue weighted by Gasteiger charge is -2.33. The lowest BCUT2D eigenvalue weighted by molar-refractivity contribution is 0.0203. The average Bonchev–Trinajstić information content (AvgIpc) is 2.47. The molecule has 1 aromatic carbocycles. The largest absolute Gasteiger partial charge is 0.444 e. The van der Waals surface area contributed by atoms with Crippen molar-refractivity contribution in [2.24, 2.45) is 0 Å². The van der Waals surface area contributed by atoms with Gasteiger partial charge in [-0.15, -0.1) is 0 Å². The van der Waals surface area contributed by atoms with Gasteiger partial charge in [0.25, 0.3) is 0 Å². The molecule has 128 valence electrons. The maximum absolute atomic E-state index is 12.3. The summed E-state index contributed by atoms with van der Waals surface area (Å²) in [5.41, 5.74) is -0.525. The Kier molecular flexibility index (Phi) is 5.31. The Morgan fingerprint density at radius 2 is 1.74 bits per heavy atom. The molecule has 1 fully saturated rings. The zero-order valence-electron chi connectivity index (χ0n) is 13.8. The van der Waals surface area contributed by atoms with Gasteiger partial charge in [-0.05, 0) is 45.7 Å². The van der Waals surface area contributed by atoms with E-state index in [1.807, 2.05) is 20.8 Å². The van der Waals surface area contributed by atoms with E-state index in [2.05, 4.69) is 4.72 Å². The third kappa shape index (κ3) is 5.21. The van der Waals surface area contributed by atoms with Gasteiger partial charge in [0.15, 0.2) is 0 Å². The van der Waals surface area contributed by atoms with Gasteiger partial charge in [0.05, 0.1) is 4.90 Å². The molecule has 1 N–H and O–H groups in total. The first-order valence-corrected chi connectivity index (χ1v) is 9.21. The van der Waals surface area contributed by atoms with Crippen LogP contribution in [0, 0.1) is 0 Å². The predicted molar refractivity (Wildman–Crippen MR) is 87.6 cm³/mol. The summed E-state index contributed by atoms with van der Waals surface area (Å²) >= 11 is 0. The van der Waals surface area contributed by atoms with Crippen molar-refractivity contribution < 1.29 is 17.9 Å². The van der Waals surface area contributed by atoms with Gasteiger partial charge in [-0.25, -0.2) is 17.9 Å².